The lowest BCUT2D eigenvalue weighted by molar-refractivity contribution is 0.102. The Balaban J connectivity index is 2.05. The maximum absolute atomic E-state index is 12.6. The molecule has 4 nitrogen and oxygen atoms in total. The summed E-state index contributed by atoms with van der Waals surface area (Å²) in [5.41, 5.74) is 3.87. The second kappa shape index (κ2) is 5.33. The fourth-order valence-corrected chi connectivity index (χ4v) is 2.72. The number of nitrogens with zero attached hydrogens (tertiary/aromatic N) is 2. The minimum absolute atomic E-state index is 0.169. The molecule has 0 unspecified atom stereocenters. The molecule has 0 saturated heterocycles. The zero-order valence-corrected chi connectivity index (χ0v) is 13.3. The van der Waals surface area contributed by atoms with E-state index in [1.165, 1.54) is 0 Å². The van der Waals surface area contributed by atoms with Crippen LogP contribution in [0.25, 0.3) is 5.65 Å². The summed E-state index contributed by atoms with van der Waals surface area (Å²) in [6.45, 7) is 3.83. The van der Waals surface area contributed by atoms with Crippen LogP contribution in [0.1, 0.15) is 21.7 Å². The van der Waals surface area contributed by atoms with Crippen LogP contribution in [0.3, 0.4) is 0 Å². The van der Waals surface area contributed by atoms with Gasteiger partial charge in [0.2, 0.25) is 0 Å². The van der Waals surface area contributed by atoms with Crippen molar-refractivity contribution in [3.63, 3.8) is 0 Å². The van der Waals surface area contributed by atoms with Crippen LogP contribution >= 0.6 is 15.9 Å². The third-order valence-electron chi connectivity index (χ3n) is 3.36. The van der Waals surface area contributed by atoms with Crippen molar-refractivity contribution >= 4 is 33.2 Å². The summed E-state index contributed by atoms with van der Waals surface area (Å²) in [5.74, 6) is -0.169. The van der Waals surface area contributed by atoms with E-state index in [-0.39, 0.29) is 5.91 Å². The van der Waals surface area contributed by atoms with Crippen molar-refractivity contribution in [2.45, 2.75) is 13.8 Å². The molecule has 106 valence electrons. The number of carbonyl (C=O) groups excluding carboxylic acids is 1. The number of fused-ring (bicyclic) bond motifs is 1. The molecule has 3 aromatic rings. The fraction of sp³-hybridized carbons (Fsp3) is 0.125. The van der Waals surface area contributed by atoms with Crippen LogP contribution in [0.4, 0.5) is 5.69 Å². The topological polar surface area (TPSA) is 46.4 Å². The predicted molar refractivity (Wildman–Crippen MR) is 86.8 cm³/mol. The summed E-state index contributed by atoms with van der Waals surface area (Å²) in [4.78, 5) is 17.1. The van der Waals surface area contributed by atoms with Crippen molar-refractivity contribution in [3.05, 3.63) is 64.0 Å². The van der Waals surface area contributed by atoms with Gasteiger partial charge in [-0.3, -0.25) is 9.20 Å². The molecule has 0 radical (unpaired) electrons. The first kappa shape index (κ1) is 13.8. The minimum Gasteiger partial charge on any atom is -0.320 e. The Kier molecular flexibility index (Phi) is 3.51. The Bertz CT molecular complexity index is 839. The Morgan fingerprint density at radius 2 is 1.95 bits per heavy atom. The van der Waals surface area contributed by atoms with Gasteiger partial charge in [0.15, 0.2) is 0 Å². The van der Waals surface area contributed by atoms with Crippen molar-refractivity contribution in [1.82, 2.24) is 9.38 Å². The predicted octanol–water partition coefficient (Wildman–Crippen LogP) is 3.97. The van der Waals surface area contributed by atoms with E-state index in [9.17, 15) is 4.79 Å². The number of carbonyl (C=O) groups is 1. The van der Waals surface area contributed by atoms with Crippen LogP contribution < -0.4 is 5.32 Å². The van der Waals surface area contributed by atoms with Gasteiger partial charge in [-0.25, -0.2) is 4.98 Å². The largest absolute Gasteiger partial charge is 0.320 e. The highest BCUT2D eigenvalue weighted by Gasteiger charge is 2.18. The number of nitrogens with one attached hydrogen (secondary N) is 1. The average Bonchev–Trinajstić information content (AvgIpc) is 2.79. The quantitative estimate of drug-likeness (QED) is 0.765. The van der Waals surface area contributed by atoms with Crippen LogP contribution in [-0.2, 0) is 0 Å². The highest BCUT2D eigenvalue weighted by Crippen LogP contribution is 2.23. The molecule has 1 amide bonds. The molecular weight excluding hydrogens is 330 g/mol. The normalized spacial score (nSPS) is 10.8. The monoisotopic (exact) mass is 343 g/mol. The molecular formula is C16H14BrN3O. The molecule has 0 spiro atoms. The highest BCUT2D eigenvalue weighted by atomic mass is 79.9. The molecule has 0 saturated carbocycles. The van der Waals surface area contributed by atoms with Crippen molar-refractivity contribution < 1.29 is 4.79 Å². The average molecular weight is 344 g/mol. The number of benzene rings is 1. The van der Waals surface area contributed by atoms with Gasteiger partial charge in [-0.05, 0) is 53.5 Å². The highest BCUT2D eigenvalue weighted by molar-refractivity contribution is 9.10. The van der Waals surface area contributed by atoms with Gasteiger partial charge in [-0.15, -0.1) is 0 Å². The number of halogens is 1. The number of anilines is 1. The lowest BCUT2D eigenvalue weighted by Gasteiger charge is -2.08. The van der Waals surface area contributed by atoms with Crippen LogP contribution in [0.15, 0.2) is 47.1 Å². The Morgan fingerprint density at radius 3 is 2.71 bits per heavy atom. The van der Waals surface area contributed by atoms with Gasteiger partial charge >= 0.3 is 0 Å². The first-order valence-corrected chi connectivity index (χ1v) is 7.37. The number of hydrogen-bond acceptors (Lipinski definition) is 2. The Morgan fingerprint density at radius 1 is 1.19 bits per heavy atom. The third kappa shape index (κ3) is 2.45. The van der Waals surface area contributed by atoms with E-state index in [4.69, 9.17) is 0 Å². The number of imidazole rings is 1. The summed E-state index contributed by atoms with van der Waals surface area (Å²) in [6.07, 6.45) is 1.86. The summed E-state index contributed by atoms with van der Waals surface area (Å²) < 4.78 is 2.68. The van der Waals surface area contributed by atoms with Crippen LogP contribution in [-0.4, -0.2) is 15.3 Å². The van der Waals surface area contributed by atoms with Gasteiger partial charge in [0, 0.05) is 10.7 Å². The number of amides is 1. The molecule has 0 aliphatic rings. The lowest BCUT2D eigenvalue weighted by Crippen LogP contribution is -2.15. The second-order valence-corrected chi connectivity index (χ2v) is 5.72. The molecule has 2 heterocycles. The zero-order valence-electron chi connectivity index (χ0n) is 11.7. The summed E-state index contributed by atoms with van der Waals surface area (Å²) >= 11 is 3.43. The lowest BCUT2D eigenvalue weighted by atomic mass is 10.2. The standard InChI is InChI=1S/C16H14BrN3O/c1-10-6-5-9-20-14(11(2)18-15(10)20)16(21)19-13-8-4-3-7-12(13)17/h3-9H,1-2H3,(H,19,21). The van der Waals surface area contributed by atoms with E-state index in [2.05, 4.69) is 26.2 Å². The van der Waals surface area contributed by atoms with E-state index in [0.29, 0.717) is 11.4 Å². The SMILES string of the molecule is Cc1nc2c(C)cccn2c1C(=O)Nc1ccccc1Br. The number of rotatable bonds is 2. The van der Waals surface area contributed by atoms with Gasteiger partial charge in [-0.1, -0.05) is 18.2 Å². The number of pyridine rings is 1. The molecule has 0 atom stereocenters. The molecule has 1 N–H and O–H groups in total. The van der Waals surface area contributed by atoms with Crippen LogP contribution in [0.5, 0.6) is 0 Å². The van der Waals surface area contributed by atoms with Crippen molar-refractivity contribution in [2.24, 2.45) is 0 Å². The molecule has 3 rings (SSSR count). The molecule has 0 aliphatic heterocycles. The first-order valence-electron chi connectivity index (χ1n) is 6.58. The molecule has 5 heteroatoms. The maximum Gasteiger partial charge on any atom is 0.274 e. The van der Waals surface area contributed by atoms with Crippen LogP contribution in [0.2, 0.25) is 0 Å². The molecule has 0 aliphatic carbocycles. The van der Waals surface area contributed by atoms with Gasteiger partial charge in [0.1, 0.15) is 11.3 Å². The van der Waals surface area contributed by atoms with Gasteiger partial charge in [0.25, 0.3) is 5.91 Å². The first-order chi connectivity index (χ1) is 10.1. The Labute approximate surface area is 131 Å². The summed E-state index contributed by atoms with van der Waals surface area (Å²) in [7, 11) is 0. The van der Waals surface area contributed by atoms with Gasteiger partial charge < -0.3 is 5.32 Å². The fourth-order valence-electron chi connectivity index (χ4n) is 2.33. The second-order valence-electron chi connectivity index (χ2n) is 4.86. The summed E-state index contributed by atoms with van der Waals surface area (Å²) in [5, 5.41) is 2.92. The van der Waals surface area contributed by atoms with Crippen molar-refractivity contribution in [2.75, 3.05) is 5.32 Å². The van der Waals surface area contributed by atoms with Crippen molar-refractivity contribution in [1.29, 1.82) is 0 Å². The van der Waals surface area contributed by atoms with E-state index >= 15 is 0 Å². The summed E-state index contributed by atoms with van der Waals surface area (Å²) in [6, 6.07) is 11.4. The Hall–Kier alpha value is -2.14. The molecule has 21 heavy (non-hydrogen) atoms. The minimum atomic E-state index is -0.169. The van der Waals surface area contributed by atoms with Gasteiger partial charge in [-0.2, -0.15) is 0 Å². The smallest absolute Gasteiger partial charge is 0.274 e. The number of aryl methyl sites for hydroxylation is 2. The zero-order chi connectivity index (χ0) is 15.0. The molecule has 0 fully saturated rings. The van der Waals surface area contributed by atoms with E-state index < -0.39 is 0 Å². The number of aromatic nitrogens is 2. The van der Waals surface area contributed by atoms with E-state index in [1.807, 2.05) is 60.8 Å². The molecule has 1 aromatic carbocycles. The van der Waals surface area contributed by atoms with Gasteiger partial charge in [0.05, 0.1) is 11.4 Å². The molecule has 2 aromatic heterocycles. The third-order valence-corrected chi connectivity index (χ3v) is 4.05. The van der Waals surface area contributed by atoms with Crippen LogP contribution in [0, 0.1) is 13.8 Å². The number of hydrogen-bond donors (Lipinski definition) is 1. The molecule has 0 bridgehead atoms. The van der Waals surface area contributed by atoms with E-state index in [0.717, 1.165) is 21.4 Å². The number of para-hydroxylation sites is 1. The maximum atomic E-state index is 12.6. The van der Waals surface area contributed by atoms with Crippen molar-refractivity contribution in [3.8, 4) is 0 Å². The van der Waals surface area contributed by atoms with E-state index in [1.54, 1.807) is 0 Å².